The molecule has 0 spiro atoms. The van der Waals surface area contributed by atoms with Crippen LogP contribution in [0.4, 0.5) is 17.1 Å². The van der Waals surface area contributed by atoms with E-state index in [1.807, 2.05) is 12.1 Å². The Labute approximate surface area is 176 Å². The van der Waals surface area contributed by atoms with Crippen LogP contribution in [0.2, 0.25) is 5.02 Å². The first kappa shape index (κ1) is 21.4. The monoisotopic (exact) mass is 437 g/mol. The number of hydrogen-bond acceptors (Lipinski definition) is 5. The van der Waals surface area contributed by atoms with Crippen molar-refractivity contribution >= 4 is 44.6 Å². The topological polar surface area (TPSA) is 79.0 Å². The fraction of sp³-hybridized carbons (Fsp3) is 0.350. The number of rotatable bonds is 6. The van der Waals surface area contributed by atoms with E-state index in [1.54, 1.807) is 37.3 Å². The number of sulfonamides is 1. The van der Waals surface area contributed by atoms with Gasteiger partial charge in [-0.25, -0.2) is 8.42 Å². The number of anilines is 3. The van der Waals surface area contributed by atoms with Gasteiger partial charge in [0.05, 0.1) is 25.2 Å². The molecular formula is C20H24ClN3O4S. The van der Waals surface area contributed by atoms with Crippen molar-refractivity contribution in [3.8, 4) is 0 Å². The summed E-state index contributed by atoms with van der Waals surface area (Å²) < 4.78 is 31.1. The lowest BCUT2D eigenvalue weighted by Gasteiger charge is -2.29. The zero-order valence-electron chi connectivity index (χ0n) is 16.3. The van der Waals surface area contributed by atoms with Crippen LogP contribution in [0.1, 0.15) is 6.92 Å². The molecule has 0 aliphatic carbocycles. The molecule has 0 unspecified atom stereocenters. The maximum Gasteiger partial charge on any atom is 0.247 e. The Morgan fingerprint density at radius 1 is 1.17 bits per heavy atom. The first-order valence-electron chi connectivity index (χ1n) is 9.24. The molecule has 9 heteroatoms. The molecule has 1 aliphatic rings. The number of carbonyl (C=O) groups is 1. The second-order valence-corrected chi connectivity index (χ2v) is 9.15. The minimum atomic E-state index is -3.70. The number of ether oxygens (including phenoxy) is 1. The molecule has 0 aromatic heterocycles. The molecular weight excluding hydrogens is 414 g/mol. The van der Waals surface area contributed by atoms with Gasteiger partial charge in [-0.2, -0.15) is 0 Å². The predicted molar refractivity (Wildman–Crippen MR) is 116 cm³/mol. The predicted octanol–water partition coefficient (Wildman–Crippen LogP) is 2.97. The first-order chi connectivity index (χ1) is 13.8. The largest absolute Gasteiger partial charge is 0.378 e. The smallest absolute Gasteiger partial charge is 0.247 e. The van der Waals surface area contributed by atoms with Gasteiger partial charge in [-0.3, -0.25) is 9.10 Å². The number of nitrogens with zero attached hydrogens (tertiary/aromatic N) is 2. The van der Waals surface area contributed by atoms with E-state index in [0.717, 1.165) is 29.3 Å². The Morgan fingerprint density at radius 2 is 1.83 bits per heavy atom. The van der Waals surface area contributed by atoms with Gasteiger partial charge >= 0.3 is 0 Å². The van der Waals surface area contributed by atoms with Crippen molar-refractivity contribution in [1.82, 2.24) is 0 Å². The van der Waals surface area contributed by atoms with Gasteiger partial charge in [-0.05, 0) is 49.4 Å². The van der Waals surface area contributed by atoms with E-state index in [1.165, 1.54) is 6.07 Å². The number of amides is 1. The van der Waals surface area contributed by atoms with Crippen LogP contribution >= 0.6 is 11.6 Å². The van der Waals surface area contributed by atoms with Crippen LogP contribution in [0.15, 0.2) is 48.5 Å². The minimum absolute atomic E-state index is 0.338. The molecule has 1 saturated heterocycles. The van der Waals surface area contributed by atoms with E-state index in [0.29, 0.717) is 29.6 Å². The molecule has 2 aromatic rings. The van der Waals surface area contributed by atoms with Crippen LogP contribution in [0.3, 0.4) is 0 Å². The van der Waals surface area contributed by atoms with Crippen LogP contribution in [0, 0.1) is 0 Å². The molecule has 0 saturated carbocycles. The van der Waals surface area contributed by atoms with Gasteiger partial charge in [0.15, 0.2) is 0 Å². The van der Waals surface area contributed by atoms with Gasteiger partial charge in [0.25, 0.3) is 0 Å². The lowest BCUT2D eigenvalue weighted by molar-refractivity contribution is -0.116. The first-order valence-corrected chi connectivity index (χ1v) is 11.5. The number of carbonyl (C=O) groups excluding carboxylic acids is 1. The number of halogens is 1. The zero-order chi connectivity index (χ0) is 21.0. The normalized spacial score (nSPS) is 15.6. The highest BCUT2D eigenvalue weighted by molar-refractivity contribution is 7.92. The Morgan fingerprint density at radius 3 is 2.41 bits per heavy atom. The standard InChI is InChI=1S/C20H24ClN3O4S/c1-15(24(29(2,26)27)19-5-3-4-16(21)14-19)20(25)22-17-6-8-18(9-7-17)23-10-12-28-13-11-23/h3-9,14-15H,10-13H2,1-2H3,(H,22,25)/t15-/m0/s1. The van der Waals surface area contributed by atoms with Crippen LogP contribution in [-0.2, 0) is 19.6 Å². The number of morpholine rings is 1. The van der Waals surface area contributed by atoms with Crippen LogP contribution in [0.5, 0.6) is 0 Å². The van der Waals surface area contributed by atoms with Gasteiger partial charge in [-0.15, -0.1) is 0 Å². The number of hydrogen-bond donors (Lipinski definition) is 1. The maximum atomic E-state index is 12.8. The highest BCUT2D eigenvalue weighted by atomic mass is 35.5. The molecule has 1 heterocycles. The van der Waals surface area contributed by atoms with Crippen molar-refractivity contribution in [2.24, 2.45) is 0 Å². The summed E-state index contributed by atoms with van der Waals surface area (Å²) >= 11 is 6.00. The molecule has 7 nitrogen and oxygen atoms in total. The summed E-state index contributed by atoms with van der Waals surface area (Å²) in [6.45, 7) is 4.58. The SMILES string of the molecule is C[C@@H](C(=O)Nc1ccc(N2CCOCC2)cc1)N(c1cccc(Cl)c1)S(C)(=O)=O. The van der Waals surface area contributed by atoms with Crippen LogP contribution < -0.4 is 14.5 Å². The number of benzene rings is 2. The molecule has 1 atom stereocenters. The summed E-state index contributed by atoms with van der Waals surface area (Å²) in [6.07, 6.45) is 1.06. The second kappa shape index (κ2) is 9.02. The lowest BCUT2D eigenvalue weighted by atomic mass is 10.2. The van der Waals surface area contributed by atoms with Crippen molar-refractivity contribution in [2.45, 2.75) is 13.0 Å². The minimum Gasteiger partial charge on any atom is -0.378 e. The zero-order valence-corrected chi connectivity index (χ0v) is 17.9. The third-order valence-electron chi connectivity index (χ3n) is 4.66. The Kier molecular flexibility index (Phi) is 6.66. The van der Waals surface area contributed by atoms with Crippen molar-refractivity contribution in [1.29, 1.82) is 0 Å². The molecule has 3 rings (SSSR count). The van der Waals surface area contributed by atoms with Crippen molar-refractivity contribution < 1.29 is 17.9 Å². The summed E-state index contributed by atoms with van der Waals surface area (Å²) in [5.74, 6) is -0.436. The molecule has 1 amide bonds. The van der Waals surface area contributed by atoms with Crippen LogP contribution in [-0.4, -0.2) is 52.9 Å². The molecule has 2 aromatic carbocycles. The van der Waals surface area contributed by atoms with Gasteiger partial charge in [0, 0.05) is 29.5 Å². The maximum absolute atomic E-state index is 12.8. The van der Waals surface area contributed by atoms with E-state index in [9.17, 15) is 13.2 Å². The third kappa shape index (κ3) is 5.41. The fourth-order valence-electron chi connectivity index (χ4n) is 3.25. The number of nitrogens with one attached hydrogen (secondary N) is 1. The average Bonchev–Trinajstić information content (AvgIpc) is 2.68. The molecule has 1 aliphatic heterocycles. The molecule has 156 valence electrons. The van der Waals surface area contributed by atoms with Gasteiger partial charge in [0.1, 0.15) is 6.04 Å². The van der Waals surface area contributed by atoms with E-state index in [-0.39, 0.29) is 0 Å². The summed E-state index contributed by atoms with van der Waals surface area (Å²) in [4.78, 5) is 15.0. The summed E-state index contributed by atoms with van der Waals surface area (Å²) in [6, 6.07) is 12.9. The van der Waals surface area contributed by atoms with Gasteiger partial charge in [0.2, 0.25) is 15.9 Å². The van der Waals surface area contributed by atoms with E-state index in [2.05, 4.69) is 10.2 Å². The van der Waals surface area contributed by atoms with E-state index in [4.69, 9.17) is 16.3 Å². The summed E-state index contributed by atoms with van der Waals surface area (Å²) in [7, 11) is -3.70. The molecule has 0 radical (unpaired) electrons. The second-order valence-electron chi connectivity index (χ2n) is 6.85. The molecule has 1 fully saturated rings. The Balaban J connectivity index is 1.74. The molecule has 1 N–H and O–H groups in total. The van der Waals surface area contributed by atoms with Gasteiger partial charge < -0.3 is 15.0 Å². The quantitative estimate of drug-likeness (QED) is 0.751. The lowest BCUT2D eigenvalue weighted by Crippen LogP contribution is -2.45. The van der Waals surface area contributed by atoms with Crippen molar-refractivity contribution in [3.05, 3.63) is 53.6 Å². The average molecular weight is 438 g/mol. The third-order valence-corrected chi connectivity index (χ3v) is 6.14. The summed E-state index contributed by atoms with van der Waals surface area (Å²) in [5, 5.41) is 3.18. The van der Waals surface area contributed by atoms with E-state index >= 15 is 0 Å². The highest BCUT2D eigenvalue weighted by Crippen LogP contribution is 2.25. The Bertz CT molecular complexity index is 960. The van der Waals surface area contributed by atoms with Crippen molar-refractivity contribution in [3.63, 3.8) is 0 Å². The van der Waals surface area contributed by atoms with E-state index < -0.39 is 22.0 Å². The Hall–Kier alpha value is -2.29. The molecule has 0 bridgehead atoms. The van der Waals surface area contributed by atoms with Crippen LogP contribution in [0.25, 0.3) is 0 Å². The molecule has 29 heavy (non-hydrogen) atoms. The van der Waals surface area contributed by atoms with Crippen molar-refractivity contribution in [2.75, 3.05) is 47.1 Å². The summed E-state index contributed by atoms with van der Waals surface area (Å²) in [5.41, 5.74) is 1.99. The van der Waals surface area contributed by atoms with Gasteiger partial charge in [-0.1, -0.05) is 17.7 Å². The fourth-order valence-corrected chi connectivity index (χ4v) is 4.60. The highest BCUT2D eigenvalue weighted by Gasteiger charge is 2.29.